The molecule has 0 aliphatic carbocycles. The quantitative estimate of drug-likeness (QED) is 0.432. The van der Waals surface area contributed by atoms with Crippen molar-refractivity contribution >= 4 is 40.7 Å². The van der Waals surface area contributed by atoms with Crippen LogP contribution < -0.4 is 5.73 Å². The van der Waals surface area contributed by atoms with E-state index in [1.807, 2.05) is 0 Å². The predicted octanol–water partition coefficient (Wildman–Crippen LogP) is -0.0549. The lowest BCUT2D eigenvalue weighted by Crippen LogP contribution is -2.39. The van der Waals surface area contributed by atoms with Gasteiger partial charge >= 0.3 is 7.82 Å². The lowest BCUT2D eigenvalue weighted by atomic mass is 10.1. The van der Waals surface area contributed by atoms with Crippen LogP contribution in [-0.2, 0) is 18.3 Å². The molecular formula is C10H11BrN5O6P. The number of nitrogens with zero attached hydrogens (tertiary/aromatic N) is 4. The fourth-order valence-electron chi connectivity index (χ4n) is 2.67. The summed E-state index contributed by atoms with van der Waals surface area (Å²) in [6.07, 6.45) is -2.62. The Morgan fingerprint density at radius 1 is 1.48 bits per heavy atom. The van der Waals surface area contributed by atoms with E-state index in [0.29, 0.717) is 15.9 Å². The van der Waals surface area contributed by atoms with Crippen molar-refractivity contribution < 1.29 is 28.3 Å². The summed E-state index contributed by atoms with van der Waals surface area (Å²) in [7, 11) is -4.19. The highest BCUT2D eigenvalue weighted by molar-refractivity contribution is 9.10. The third-order valence-electron chi connectivity index (χ3n) is 3.68. The summed E-state index contributed by atoms with van der Waals surface area (Å²) in [6.45, 7) is -0.173. The van der Waals surface area contributed by atoms with Crippen LogP contribution in [-0.4, -0.2) is 54.4 Å². The molecule has 0 spiro atoms. The highest BCUT2D eigenvalue weighted by Gasteiger charge is 2.53. The maximum absolute atomic E-state index is 11.5. The highest BCUT2D eigenvalue weighted by atomic mass is 79.9. The molecule has 4 N–H and O–H groups in total. The first kappa shape index (κ1) is 15.4. The van der Waals surface area contributed by atoms with Crippen LogP contribution in [0.4, 0.5) is 5.82 Å². The number of phosphoric acid groups is 1. The lowest BCUT2D eigenvalue weighted by molar-refractivity contribution is -0.0669. The molecule has 2 fully saturated rings. The van der Waals surface area contributed by atoms with Crippen LogP contribution in [0.3, 0.4) is 0 Å². The number of aliphatic hydroxyl groups excluding tert-OH is 1. The van der Waals surface area contributed by atoms with Gasteiger partial charge in [0.05, 0.1) is 6.61 Å². The van der Waals surface area contributed by atoms with E-state index in [-0.39, 0.29) is 12.4 Å². The van der Waals surface area contributed by atoms with Crippen molar-refractivity contribution in [3.63, 3.8) is 0 Å². The number of rotatable bonds is 1. The Labute approximate surface area is 137 Å². The molecule has 0 amide bonds. The van der Waals surface area contributed by atoms with E-state index in [4.69, 9.17) is 19.5 Å². The van der Waals surface area contributed by atoms with Gasteiger partial charge in [-0.2, -0.15) is 0 Å². The van der Waals surface area contributed by atoms with E-state index in [1.165, 1.54) is 10.9 Å². The van der Waals surface area contributed by atoms with Gasteiger partial charge in [0.25, 0.3) is 0 Å². The molecule has 23 heavy (non-hydrogen) atoms. The topological polar surface area (TPSA) is 155 Å². The summed E-state index contributed by atoms with van der Waals surface area (Å²) in [5, 5.41) is 10.5. The van der Waals surface area contributed by atoms with Gasteiger partial charge in [-0.15, -0.1) is 0 Å². The first-order valence-corrected chi connectivity index (χ1v) is 8.79. The molecule has 2 aliphatic rings. The number of imidazole rings is 1. The maximum Gasteiger partial charge on any atom is 0.472 e. The predicted molar refractivity (Wildman–Crippen MR) is 78.0 cm³/mol. The molecular weight excluding hydrogens is 397 g/mol. The molecule has 2 saturated heterocycles. The van der Waals surface area contributed by atoms with Crippen molar-refractivity contribution in [2.75, 3.05) is 12.3 Å². The van der Waals surface area contributed by atoms with Crippen molar-refractivity contribution in [3.05, 3.63) is 11.1 Å². The van der Waals surface area contributed by atoms with Crippen LogP contribution in [0.2, 0.25) is 0 Å². The van der Waals surface area contributed by atoms with Gasteiger partial charge in [0.1, 0.15) is 24.6 Å². The van der Waals surface area contributed by atoms with Gasteiger partial charge in [0, 0.05) is 0 Å². The second kappa shape index (κ2) is 5.18. The third-order valence-corrected chi connectivity index (χ3v) is 5.23. The van der Waals surface area contributed by atoms with Crippen LogP contribution in [0, 0.1) is 0 Å². The smallest absolute Gasteiger partial charge is 0.386 e. The van der Waals surface area contributed by atoms with E-state index in [9.17, 15) is 14.6 Å². The Balaban J connectivity index is 1.76. The number of phosphoric ester groups is 1. The van der Waals surface area contributed by atoms with E-state index >= 15 is 0 Å². The number of nitrogen functional groups attached to an aromatic ring is 1. The van der Waals surface area contributed by atoms with E-state index < -0.39 is 32.4 Å². The van der Waals surface area contributed by atoms with Crippen molar-refractivity contribution in [2.45, 2.75) is 24.5 Å². The van der Waals surface area contributed by atoms with Gasteiger partial charge < -0.3 is 20.5 Å². The first-order valence-electron chi connectivity index (χ1n) is 6.50. The first-order chi connectivity index (χ1) is 10.9. The van der Waals surface area contributed by atoms with Gasteiger partial charge in [-0.3, -0.25) is 13.6 Å². The standard InChI is InChI=1S/C10H11BrN5O6P/c11-10-15-4-7(12)13-2-14-8(4)16(10)9-5(17)6-3(21-9)1-20-23(18,19)22-6/h2-3,5-6,9,17H,1H2,(H,18,19)(H2,12,13,14)/t3-,5-,6-,9-/m0/s1. The zero-order valence-electron chi connectivity index (χ0n) is 11.3. The number of aromatic nitrogens is 4. The Hall–Kier alpha value is -1.14. The van der Waals surface area contributed by atoms with Crippen molar-refractivity contribution in [1.82, 2.24) is 19.5 Å². The zero-order valence-corrected chi connectivity index (χ0v) is 13.8. The Bertz CT molecular complexity index is 831. The highest BCUT2D eigenvalue weighted by Crippen LogP contribution is 2.52. The Kier molecular flexibility index (Phi) is 3.47. The molecule has 1 unspecified atom stereocenters. The number of aliphatic hydroxyl groups is 1. The molecule has 5 atom stereocenters. The van der Waals surface area contributed by atoms with Crippen LogP contribution in [0.25, 0.3) is 11.2 Å². The summed E-state index contributed by atoms with van der Waals surface area (Å²) in [5.41, 5.74) is 6.45. The Morgan fingerprint density at radius 3 is 3.04 bits per heavy atom. The monoisotopic (exact) mass is 407 g/mol. The van der Waals surface area contributed by atoms with Gasteiger partial charge in [-0.25, -0.2) is 19.5 Å². The molecule has 0 bridgehead atoms. The fraction of sp³-hybridized carbons (Fsp3) is 0.500. The Morgan fingerprint density at radius 2 is 2.26 bits per heavy atom. The summed E-state index contributed by atoms with van der Waals surface area (Å²) in [5.74, 6) is 0.179. The van der Waals surface area contributed by atoms with Crippen LogP contribution in [0.5, 0.6) is 0 Å². The number of ether oxygens (including phenoxy) is 1. The average molecular weight is 408 g/mol. The van der Waals surface area contributed by atoms with Gasteiger partial charge in [0.15, 0.2) is 27.9 Å². The second-order valence-corrected chi connectivity index (χ2v) is 7.19. The van der Waals surface area contributed by atoms with E-state index in [0.717, 1.165) is 0 Å². The summed E-state index contributed by atoms with van der Waals surface area (Å²) in [4.78, 5) is 21.5. The normalized spacial score (nSPS) is 37.2. The molecule has 2 aromatic heterocycles. The molecule has 124 valence electrons. The summed E-state index contributed by atoms with van der Waals surface area (Å²) >= 11 is 3.26. The summed E-state index contributed by atoms with van der Waals surface area (Å²) < 4.78 is 28.6. The van der Waals surface area contributed by atoms with Crippen LogP contribution in [0.1, 0.15) is 6.23 Å². The van der Waals surface area contributed by atoms with Gasteiger partial charge in [-0.1, -0.05) is 0 Å². The van der Waals surface area contributed by atoms with Crippen molar-refractivity contribution in [3.8, 4) is 0 Å². The van der Waals surface area contributed by atoms with Crippen LogP contribution in [0.15, 0.2) is 11.1 Å². The fourth-order valence-corrected chi connectivity index (χ4v) is 4.19. The molecule has 0 aromatic carbocycles. The van der Waals surface area contributed by atoms with E-state index in [2.05, 4.69) is 30.9 Å². The number of halogens is 1. The number of fused-ring (bicyclic) bond motifs is 2. The largest absolute Gasteiger partial charge is 0.472 e. The molecule has 11 nitrogen and oxygen atoms in total. The number of hydrogen-bond donors (Lipinski definition) is 3. The molecule has 4 rings (SSSR count). The maximum atomic E-state index is 11.5. The van der Waals surface area contributed by atoms with Crippen molar-refractivity contribution in [1.29, 1.82) is 0 Å². The van der Waals surface area contributed by atoms with Gasteiger partial charge in [-0.05, 0) is 15.9 Å². The number of hydrogen-bond acceptors (Lipinski definition) is 9. The molecule has 13 heteroatoms. The minimum absolute atomic E-state index is 0.173. The molecule has 0 saturated carbocycles. The third kappa shape index (κ3) is 2.38. The minimum atomic E-state index is -4.19. The van der Waals surface area contributed by atoms with Crippen molar-refractivity contribution in [2.24, 2.45) is 0 Å². The van der Waals surface area contributed by atoms with E-state index in [1.54, 1.807) is 0 Å². The van der Waals surface area contributed by atoms with Crippen LogP contribution >= 0.6 is 23.8 Å². The molecule has 2 aromatic rings. The minimum Gasteiger partial charge on any atom is -0.386 e. The number of anilines is 1. The molecule has 4 heterocycles. The molecule has 2 aliphatic heterocycles. The van der Waals surface area contributed by atoms with Gasteiger partial charge in [0.2, 0.25) is 0 Å². The molecule has 0 radical (unpaired) electrons. The SMILES string of the molecule is Nc1ncnc2c1nc(Br)n2[C@H]1O[C@H]2COP(=O)(O)O[C@@H]2[C@@H]1O. The average Bonchev–Trinajstić information content (AvgIpc) is 2.97. The lowest BCUT2D eigenvalue weighted by Gasteiger charge is -2.27. The summed E-state index contributed by atoms with van der Waals surface area (Å²) in [6, 6.07) is 0. The number of nitrogens with two attached hydrogens (primary N) is 1. The zero-order chi connectivity index (χ0) is 16.4. The second-order valence-electron chi connectivity index (χ2n) is 5.07.